The third kappa shape index (κ3) is 5.59. The Balaban J connectivity index is 1.80. The van der Waals surface area contributed by atoms with Gasteiger partial charge in [0.05, 0.1) is 24.2 Å². The minimum atomic E-state index is -0.424. The Bertz CT molecular complexity index is 1050. The van der Waals surface area contributed by atoms with Gasteiger partial charge < -0.3 is 29.8 Å². The molecule has 174 valence electrons. The molecule has 3 N–H and O–H groups in total. The number of nitrogen functional groups attached to an aromatic ring is 1. The Labute approximate surface area is 188 Å². The van der Waals surface area contributed by atoms with E-state index >= 15 is 0 Å². The number of pyridine rings is 1. The highest BCUT2D eigenvalue weighted by molar-refractivity contribution is 6.07. The van der Waals surface area contributed by atoms with Gasteiger partial charge in [0.2, 0.25) is 0 Å². The van der Waals surface area contributed by atoms with Gasteiger partial charge in [0.25, 0.3) is 0 Å². The number of unbranched alkanes of at least 4 members (excludes halogenated alkanes) is 1. The van der Waals surface area contributed by atoms with Crippen molar-refractivity contribution in [2.75, 3.05) is 32.1 Å². The van der Waals surface area contributed by atoms with Gasteiger partial charge >= 0.3 is 6.09 Å². The zero-order valence-electron chi connectivity index (χ0n) is 19.1. The molecule has 0 atom stereocenters. The highest BCUT2D eigenvalue weighted by Gasteiger charge is 2.17. The van der Waals surface area contributed by atoms with Crippen molar-refractivity contribution in [2.45, 2.75) is 53.2 Å². The van der Waals surface area contributed by atoms with Gasteiger partial charge in [-0.3, -0.25) is 0 Å². The summed E-state index contributed by atoms with van der Waals surface area (Å²) < 4.78 is 18.7. The lowest BCUT2D eigenvalue weighted by atomic mass is 10.1. The van der Waals surface area contributed by atoms with Crippen LogP contribution in [-0.4, -0.2) is 47.0 Å². The lowest BCUT2D eigenvalue weighted by molar-refractivity contribution is 0.126. The number of hydrogen-bond acceptors (Lipinski definition) is 7. The van der Waals surface area contributed by atoms with Gasteiger partial charge in [-0.15, -0.1) is 0 Å². The maximum absolute atomic E-state index is 11.6. The number of nitrogens with two attached hydrogens (primary N) is 1. The number of alkyl carbamates (subject to hydrolysis) is 1. The summed E-state index contributed by atoms with van der Waals surface area (Å²) in [5, 5.41) is 3.61. The number of amides is 1. The molecule has 0 saturated carbocycles. The molecule has 9 nitrogen and oxygen atoms in total. The lowest BCUT2D eigenvalue weighted by Gasteiger charge is -2.12. The summed E-state index contributed by atoms with van der Waals surface area (Å²) in [6.45, 7) is 9.06. The summed E-state index contributed by atoms with van der Waals surface area (Å²) in [5.41, 5.74) is 8.62. The first kappa shape index (κ1) is 23.6. The van der Waals surface area contributed by atoms with Crippen LogP contribution < -0.4 is 15.8 Å². The second-order valence-corrected chi connectivity index (χ2v) is 7.45. The maximum Gasteiger partial charge on any atom is 0.407 e. The Kier molecular flexibility index (Phi) is 8.49. The molecule has 2 heterocycles. The predicted molar refractivity (Wildman–Crippen MR) is 125 cm³/mol. The van der Waals surface area contributed by atoms with E-state index in [1.807, 2.05) is 32.0 Å². The Morgan fingerprint density at radius 2 is 2.00 bits per heavy atom. The van der Waals surface area contributed by atoms with Crippen LogP contribution in [0.15, 0.2) is 18.2 Å². The molecule has 0 spiro atoms. The number of nitrogens with one attached hydrogen (secondary N) is 1. The van der Waals surface area contributed by atoms with Gasteiger partial charge in [-0.2, -0.15) is 0 Å². The Morgan fingerprint density at radius 3 is 2.75 bits per heavy atom. The topological polar surface area (TPSA) is 114 Å². The first-order valence-electron chi connectivity index (χ1n) is 11.3. The number of fused-ring (bicyclic) bond motifs is 3. The average molecular weight is 444 g/mol. The third-order valence-corrected chi connectivity index (χ3v) is 5.01. The number of aryl methyl sites for hydroxylation is 1. The summed E-state index contributed by atoms with van der Waals surface area (Å²) in [4.78, 5) is 20.9. The molecule has 0 aliphatic carbocycles. The van der Waals surface area contributed by atoms with Gasteiger partial charge in [-0.1, -0.05) is 20.3 Å². The van der Waals surface area contributed by atoms with E-state index < -0.39 is 6.09 Å². The maximum atomic E-state index is 11.6. The van der Waals surface area contributed by atoms with E-state index in [1.54, 1.807) is 0 Å². The molecule has 0 saturated heterocycles. The van der Waals surface area contributed by atoms with E-state index in [1.165, 1.54) is 0 Å². The molecule has 9 heteroatoms. The molecular weight excluding hydrogens is 410 g/mol. The molecule has 2 aromatic heterocycles. The number of hydrogen-bond donors (Lipinski definition) is 2. The van der Waals surface area contributed by atoms with Crippen LogP contribution in [0, 0.1) is 0 Å². The summed E-state index contributed by atoms with van der Waals surface area (Å²) in [6, 6.07) is 5.68. The van der Waals surface area contributed by atoms with Crippen molar-refractivity contribution in [3.63, 3.8) is 0 Å². The van der Waals surface area contributed by atoms with Crippen molar-refractivity contribution in [3.8, 4) is 5.75 Å². The fourth-order valence-electron chi connectivity index (χ4n) is 3.48. The number of anilines is 1. The second kappa shape index (κ2) is 11.5. The van der Waals surface area contributed by atoms with E-state index in [9.17, 15) is 4.79 Å². The van der Waals surface area contributed by atoms with Gasteiger partial charge in [0.15, 0.2) is 5.82 Å². The van der Waals surface area contributed by atoms with Crippen molar-refractivity contribution in [1.29, 1.82) is 0 Å². The third-order valence-electron chi connectivity index (χ3n) is 5.01. The van der Waals surface area contributed by atoms with Gasteiger partial charge in [-0.25, -0.2) is 14.8 Å². The first-order chi connectivity index (χ1) is 15.6. The summed E-state index contributed by atoms with van der Waals surface area (Å²) >= 11 is 0. The monoisotopic (exact) mass is 443 g/mol. The highest BCUT2D eigenvalue weighted by Crippen LogP contribution is 2.31. The van der Waals surface area contributed by atoms with Gasteiger partial charge in [0, 0.05) is 18.5 Å². The van der Waals surface area contributed by atoms with Crippen LogP contribution >= 0.6 is 0 Å². The van der Waals surface area contributed by atoms with E-state index in [0.717, 1.165) is 48.1 Å². The van der Waals surface area contributed by atoms with E-state index in [2.05, 4.69) is 21.8 Å². The van der Waals surface area contributed by atoms with E-state index in [4.69, 9.17) is 24.9 Å². The summed E-state index contributed by atoms with van der Waals surface area (Å²) in [7, 11) is 0. The van der Waals surface area contributed by atoms with Crippen LogP contribution in [0.4, 0.5) is 10.6 Å². The molecule has 0 radical (unpaired) electrons. The molecule has 0 unspecified atom stereocenters. The number of rotatable bonds is 12. The summed E-state index contributed by atoms with van der Waals surface area (Å²) in [6.07, 6.45) is 2.36. The number of benzene rings is 1. The van der Waals surface area contributed by atoms with Crippen LogP contribution in [0.3, 0.4) is 0 Å². The summed E-state index contributed by atoms with van der Waals surface area (Å²) in [5.74, 6) is 1.92. The SMILES string of the molecule is CCCCOC(=O)NCCOc1ccc2nc(N)c3nc(COCC)n(CCC)c3c2c1. The zero-order chi connectivity index (χ0) is 22.9. The molecular formula is C23H33N5O4. The number of nitrogens with zero attached hydrogens (tertiary/aromatic N) is 3. The minimum Gasteiger partial charge on any atom is -0.492 e. The number of imidazole rings is 1. The fourth-order valence-corrected chi connectivity index (χ4v) is 3.48. The molecule has 0 fully saturated rings. The molecule has 3 aromatic rings. The normalized spacial score (nSPS) is 11.2. The van der Waals surface area contributed by atoms with Crippen LogP contribution in [0.25, 0.3) is 21.9 Å². The second-order valence-electron chi connectivity index (χ2n) is 7.45. The largest absolute Gasteiger partial charge is 0.492 e. The Morgan fingerprint density at radius 1 is 1.16 bits per heavy atom. The first-order valence-corrected chi connectivity index (χ1v) is 11.3. The zero-order valence-corrected chi connectivity index (χ0v) is 19.1. The average Bonchev–Trinajstić information content (AvgIpc) is 3.15. The number of ether oxygens (including phenoxy) is 3. The molecule has 0 bridgehead atoms. The molecule has 0 aliphatic heterocycles. The van der Waals surface area contributed by atoms with Gasteiger partial charge in [-0.05, 0) is 38.0 Å². The number of aromatic nitrogens is 3. The fraction of sp³-hybridized carbons (Fsp3) is 0.522. The van der Waals surface area contributed by atoms with E-state index in [-0.39, 0.29) is 0 Å². The number of carbonyl (C=O) groups is 1. The molecule has 32 heavy (non-hydrogen) atoms. The van der Waals surface area contributed by atoms with Crippen LogP contribution in [0.5, 0.6) is 5.75 Å². The van der Waals surface area contributed by atoms with Crippen LogP contribution in [-0.2, 0) is 22.6 Å². The highest BCUT2D eigenvalue weighted by atomic mass is 16.5. The minimum absolute atomic E-state index is 0.323. The van der Waals surface area contributed by atoms with Crippen molar-refractivity contribution >= 4 is 33.8 Å². The van der Waals surface area contributed by atoms with E-state index in [0.29, 0.717) is 50.1 Å². The van der Waals surface area contributed by atoms with Crippen molar-refractivity contribution in [2.24, 2.45) is 0 Å². The standard InChI is InChI=1S/C23H33N5O4/c1-4-7-12-32-23(29)25-10-13-31-16-8-9-18-17(14-16)21-20(22(24)26-18)27-19(15-30-6-3)28(21)11-5-2/h8-9,14H,4-7,10-13,15H2,1-3H3,(H2,24,26)(H,25,29). The molecule has 0 aliphatic rings. The molecule has 3 rings (SSSR count). The lowest BCUT2D eigenvalue weighted by Crippen LogP contribution is -2.29. The molecule has 1 aromatic carbocycles. The van der Waals surface area contributed by atoms with Crippen molar-refractivity contribution in [1.82, 2.24) is 19.9 Å². The Hall–Kier alpha value is -3.07. The predicted octanol–water partition coefficient (Wildman–Crippen LogP) is 4.02. The van der Waals surface area contributed by atoms with Crippen molar-refractivity contribution < 1.29 is 19.0 Å². The van der Waals surface area contributed by atoms with Crippen LogP contribution in [0.2, 0.25) is 0 Å². The smallest absolute Gasteiger partial charge is 0.407 e. The number of carbonyl (C=O) groups excluding carboxylic acids is 1. The molecule has 1 amide bonds. The van der Waals surface area contributed by atoms with Crippen LogP contribution in [0.1, 0.15) is 45.9 Å². The van der Waals surface area contributed by atoms with Gasteiger partial charge in [0.1, 0.15) is 30.3 Å². The van der Waals surface area contributed by atoms with Crippen molar-refractivity contribution in [3.05, 3.63) is 24.0 Å². The quantitative estimate of drug-likeness (QED) is 0.406.